The van der Waals surface area contributed by atoms with Crippen LogP contribution >= 0.6 is 0 Å². The van der Waals surface area contributed by atoms with E-state index >= 15 is 0 Å². The van der Waals surface area contributed by atoms with Crippen LogP contribution < -0.4 is 9.47 Å². The van der Waals surface area contributed by atoms with E-state index < -0.39 is 0 Å². The van der Waals surface area contributed by atoms with Gasteiger partial charge in [0.25, 0.3) is 0 Å². The fraction of sp³-hybridized carbons (Fsp3) is 0.500. The summed E-state index contributed by atoms with van der Waals surface area (Å²) >= 11 is 0. The third kappa shape index (κ3) is 1.97. The van der Waals surface area contributed by atoms with Crippen LogP contribution in [-0.4, -0.2) is 32.2 Å². The molecule has 2 bridgehead atoms. The largest absolute Gasteiger partial charge is 0.493 e. The second kappa shape index (κ2) is 4.61. The van der Waals surface area contributed by atoms with E-state index in [1.54, 1.807) is 25.3 Å². The van der Waals surface area contributed by atoms with Crippen molar-refractivity contribution in [2.75, 3.05) is 13.7 Å². The second-order valence-corrected chi connectivity index (χ2v) is 4.89. The molecule has 1 heterocycles. The first-order valence-corrected chi connectivity index (χ1v) is 6.21. The van der Waals surface area contributed by atoms with Crippen molar-refractivity contribution in [1.29, 1.82) is 0 Å². The van der Waals surface area contributed by atoms with Crippen LogP contribution in [0.5, 0.6) is 11.5 Å². The van der Waals surface area contributed by atoms with Crippen LogP contribution in [0.25, 0.3) is 0 Å². The summed E-state index contributed by atoms with van der Waals surface area (Å²) in [6.07, 6.45) is 3.20. The first-order chi connectivity index (χ1) is 8.80. The number of fused-ring (bicyclic) bond motifs is 2. The maximum absolute atomic E-state index is 10.8. The minimum Gasteiger partial charge on any atom is -0.493 e. The van der Waals surface area contributed by atoms with Gasteiger partial charge in [-0.2, -0.15) is 0 Å². The Morgan fingerprint density at radius 1 is 1.33 bits per heavy atom. The molecule has 1 aromatic carbocycles. The van der Waals surface area contributed by atoms with Crippen LogP contribution in [-0.2, 0) is 4.74 Å². The van der Waals surface area contributed by atoms with Gasteiger partial charge in [0, 0.05) is 5.56 Å². The van der Waals surface area contributed by atoms with Gasteiger partial charge in [-0.3, -0.25) is 4.79 Å². The van der Waals surface area contributed by atoms with Crippen molar-refractivity contribution in [3.63, 3.8) is 0 Å². The Labute approximate surface area is 106 Å². The molecule has 2 fully saturated rings. The van der Waals surface area contributed by atoms with Crippen molar-refractivity contribution >= 4 is 6.29 Å². The molecule has 0 amide bonds. The average Bonchev–Trinajstić information content (AvgIpc) is 3.01. The zero-order valence-corrected chi connectivity index (χ0v) is 10.3. The number of aldehydes is 1. The first-order valence-electron chi connectivity index (χ1n) is 6.21. The maximum atomic E-state index is 10.8. The number of ether oxygens (including phenoxy) is 3. The zero-order chi connectivity index (χ0) is 12.5. The predicted molar refractivity (Wildman–Crippen MR) is 65.3 cm³/mol. The Morgan fingerprint density at radius 3 is 2.83 bits per heavy atom. The fourth-order valence-corrected chi connectivity index (χ4v) is 2.77. The minimum atomic E-state index is 0.0829. The maximum Gasteiger partial charge on any atom is 0.162 e. The summed E-state index contributed by atoms with van der Waals surface area (Å²) in [5.41, 5.74) is 0.592. The second-order valence-electron chi connectivity index (χ2n) is 4.89. The lowest BCUT2D eigenvalue weighted by molar-refractivity contribution is -0.0116. The zero-order valence-electron chi connectivity index (χ0n) is 10.3. The van der Waals surface area contributed by atoms with Crippen LogP contribution in [0, 0.1) is 5.92 Å². The molecule has 18 heavy (non-hydrogen) atoms. The summed E-state index contributed by atoms with van der Waals surface area (Å²) in [7, 11) is 1.60. The standard InChI is InChI=1S/C14H16O4/c1-16-11-3-2-9(7-15)4-13(11)18-14-6-10-5-12(14)17-8-10/h2-4,7,10,12,14H,5-6,8H2,1H3. The van der Waals surface area contributed by atoms with Gasteiger partial charge in [-0.05, 0) is 37.0 Å². The minimum absolute atomic E-state index is 0.0829. The number of benzene rings is 1. The van der Waals surface area contributed by atoms with Crippen molar-refractivity contribution < 1.29 is 19.0 Å². The van der Waals surface area contributed by atoms with Crippen LogP contribution in [0.3, 0.4) is 0 Å². The first kappa shape index (κ1) is 11.5. The summed E-state index contributed by atoms with van der Waals surface area (Å²) in [6, 6.07) is 5.20. The van der Waals surface area contributed by atoms with Gasteiger partial charge < -0.3 is 14.2 Å². The van der Waals surface area contributed by atoms with E-state index in [-0.39, 0.29) is 12.2 Å². The molecule has 1 aromatic rings. The molecule has 1 saturated carbocycles. The van der Waals surface area contributed by atoms with E-state index in [0.29, 0.717) is 23.0 Å². The normalized spacial score (nSPS) is 29.3. The molecule has 3 atom stereocenters. The molecule has 0 radical (unpaired) electrons. The molecule has 1 saturated heterocycles. The highest BCUT2D eigenvalue weighted by Gasteiger charge is 2.42. The highest BCUT2D eigenvalue weighted by atomic mass is 16.6. The third-order valence-corrected chi connectivity index (χ3v) is 3.69. The van der Waals surface area contributed by atoms with Crippen molar-refractivity contribution in [2.24, 2.45) is 5.92 Å². The molecule has 96 valence electrons. The SMILES string of the molecule is COc1ccc(C=O)cc1OC1CC2COC1C2. The van der Waals surface area contributed by atoms with Crippen LogP contribution in [0.4, 0.5) is 0 Å². The Kier molecular flexibility index (Phi) is 2.96. The lowest BCUT2D eigenvalue weighted by Gasteiger charge is -2.24. The molecule has 0 N–H and O–H groups in total. The van der Waals surface area contributed by atoms with Crippen molar-refractivity contribution in [3.8, 4) is 11.5 Å². The summed E-state index contributed by atoms with van der Waals surface area (Å²) in [6.45, 7) is 0.857. The number of hydrogen-bond donors (Lipinski definition) is 0. The smallest absolute Gasteiger partial charge is 0.162 e. The molecule has 0 aromatic heterocycles. The summed E-state index contributed by atoms with van der Waals surface area (Å²) in [5, 5.41) is 0. The Bertz CT molecular complexity index is 457. The number of hydrogen-bond acceptors (Lipinski definition) is 4. The lowest BCUT2D eigenvalue weighted by Crippen LogP contribution is -2.30. The fourth-order valence-electron chi connectivity index (χ4n) is 2.77. The molecule has 1 aliphatic carbocycles. The number of methoxy groups -OCH3 is 1. The quantitative estimate of drug-likeness (QED) is 0.765. The van der Waals surface area contributed by atoms with E-state index in [2.05, 4.69) is 0 Å². The van der Waals surface area contributed by atoms with Gasteiger partial charge in [-0.15, -0.1) is 0 Å². The van der Waals surface area contributed by atoms with Gasteiger partial charge in [0.15, 0.2) is 11.5 Å². The van der Waals surface area contributed by atoms with Gasteiger partial charge in [0.2, 0.25) is 0 Å². The van der Waals surface area contributed by atoms with Gasteiger partial charge >= 0.3 is 0 Å². The molecule has 4 nitrogen and oxygen atoms in total. The van der Waals surface area contributed by atoms with Gasteiger partial charge in [0.05, 0.1) is 19.8 Å². The summed E-state index contributed by atoms with van der Waals surface area (Å²) in [5.74, 6) is 1.91. The van der Waals surface area contributed by atoms with Crippen LogP contribution in [0.2, 0.25) is 0 Å². The van der Waals surface area contributed by atoms with Crippen molar-refractivity contribution in [1.82, 2.24) is 0 Å². The number of carbonyl (C=O) groups excluding carboxylic acids is 1. The molecular weight excluding hydrogens is 232 g/mol. The van der Waals surface area contributed by atoms with Crippen molar-refractivity contribution in [2.45, 2.75) is 25.0 Å². The number of rotatable bonds is 4. The van der Waals surface area contributed by atoms with E-state index in [0.717, 1.165) is 25.7 Å². The van der Waals surface area contributed by atoms with Gasteiger partial charge in [-0.1, -0.05) is 0 Å². The molecule has 4 heteroatoms. The monoisotopic (exact) mass is 248 g/mol. The Hall–Kier alpha value is -1.55. The summed E-state index contributed by atoms with van der Waals surface area (Å²) < 4.78 is 16.8. The molecular formula is C14H16O4. The highest BCUT2D eigenvalue weighted by molar-refractivity contribution is 5.76. The average molecular weight is 248 g/mol. The predicted octanol–water partition coefficient (Wildman–Crippen LogP) is 2.06. The summed E-state index contributed by atoms with van der Waals surface area (Å²) in [4.78, 5) is 10.8. The van der Waals surface area contributed by atoms with E-state index in [1.807, 2.05) is 0 Å². The van der Waals surface area contributed by atoms with Crippen LogP contribution in [0.1, 0.15) is 23.2 Å². The molecule has 2 aliphatic rings. The van der Waals surface area contributed by atoms with E-state index in [1.165, 1.54) is 0 Å². The molecule has 0 spiro atoms. The van der Waals surface area contributed by atoms with Gasteiger partial charge in [0.1, 0.15) is 12.4 Å². The van der Waals surface area contributed by atoms with E-state index in [4.69, 9.17) is 14.2 Å². The van der Waals surface area contributed by atoms with Crippen molar-refractivity contribution in [3.05, 3.63) is 23.8 Å². The molecule has 3 unspecified atom stereocenters. The highest BCUT2D eigenvalue weighted by Crippen LogP contribution is 2.39. The Balaban J connectivity index is 1.80. The third-order valence-electron chi connectivity index (χ3n) is 3.69. The van der Waals surface area contributed by atoms with Crippen LogP contribution in [0.15, 0.2) is 18.2 Å². The topological polar surface area (TPSA) is 44.8 Å². The lowest BCUT2D eigenvalue weighted by atomic mass is 10.1. The molecule has 1 aliphatic heterocycles. The molecule has 3 rings (SSSR count). The number of carbonyl (C=O) groups is 1. The Morgan fingerprint density at radius 2 is 2.22 bits per heavy atom. The van der Waals surface area contributed by atoms with Gasteiger partial charge in [-0.25, -0.2) is 0 Å². The van der Waals surface area contributed by atoms with E-state index in [9.17, 15) is 4.79 Å².